The molecule has 1 atom stereocenters. The van der Waals surface area contributed by atoms with Crippen LogP contribution in [0.1, 0.15) is 17.7 Å². The van der Waals surface area contributed by atoms with Gasteiger partial charge in [-0.1, -0.05) is 0 Å². The van der Waals surface area contributed by atoms with Gasteiger partial charge < -0.3 is 15.4 Å². The zero-order chi connectivity index (χ0) is 13.0. The van der Waals surface area contributed by atoms with Crippen LogP contribution in [0.5, 0.6) is 0 Å². The van der Waals surface area contributed by atoms with E-state index < -0.39 is 0 Å². The third-order valence-corrected chi connectivity index (χ3v) is 5.17. The molecule has 0 bridgehead atoms. The van der Waals surface area contributed by atoms with Crippen LogP contribution >= 0.6 is 27.3 Å². The fraction of sp³-hybridized carbons (Fsp3) is 0.692. The van der Waals surface area contributed by atoms with Gasteiger partial charge in [0.25, 0.3) is 0 Å². The lowest BCUT2D eigenvalue weighted by atomic mass is 9.82. The summed E-state index contributed by atoms with van der Waals surface area (Å²) < 4.78 is 6.79. The number of rotatable bonds is 5. The van der Waals surface area contributed by atoms with Gasteiger partial charge in [0.2, 0.25) is 0 Å². The van der Waals surface area contributed by atoms with Gasteiger partial charge in [-0.05, 0) is 41.9 Å². The van der Waals surface area contributed by atoms with Crippen LogP contribution < -0.4 is 5.73 Å². The molecule has 2 N–H and O–H groups in total. The third kappa shape index (κ3) is 3.78. The van der Waals surface area contributed by atoms with Crippen molar-refractivity contribution in [2.24, 2.45) is 11.1 Å². The lowest BCUT2D eigenvalue weighted by molar-refractivity contribution is -0.0191. The van der Waals surface area contributed by atoms with Gasteiger partial charge in [-0.15, -0.1) is 11.3 Å². The van der Waals surface area contributed by atoms with Crippen molar-refractivity contribution in [3.63, 3.8) is 0 Å². The van der Waals surface area contributed by atoms with Gasteiger partial charge in [-0.3, -0.25) is 0 Å². The minimum atomic E-state index is 0.154. The van der Waals surface area contributed by atoms with Crippen molar-refractivity contribution in [1.82, 2.24) is 4.90 Å². The van der Waals surface area contributed by atoms with Gasteiger partial charge >= 0.3 is 0 Å². The van der Waals surface area contributed by atoms with E-state index in [-0.39, 0.29) is 5.41 Å². The van der Waals surface area contributed by atoms with Crippen molar-refractivity contribution in [1.29, 1.82) is 0 Å². The SMILES string of the molecule is CN(Cc1cc(Br)cs1)CC1(CN)CCCOC1. The van der Waals surface area contributed by atoms with Crippen LogP contribution in [0.4, 0.5) is 0 Å². The summed E-state index contributed by atoms with van der Waals surface area (Å²) in [5, 5.41) is 2.13. The van der Waals surface area contributed by atoms with Gasteiger partial charge in [0.15, 0.2) is 0 Å². The molecule has 18 heavy (non-hydrogen) atoms. The van der Waals surface area contributed by atoms with E-state index in [1.165, 1.54) is 15.8 Å². The van der Waals surface area contributed by atoms with Gasteiger partial charge in [-0.25, -0.2) is 0 Å². The summed E-state index contributed by atoms with van der Waals surface area (Å²) in [5.74, 6) is 0. The molecule has 2 heterocycles. The number of ether oxygens (including phenoxy) is 1. The highest BCUT2D eigenvalue weighted by atomic mass is 79.9. The molecule has 1 aliphatic rings. The second-order valence-corrected chi connectivity index (χ2v) is 7.18. The van der Waals surface area contributed by atoms with E-state index in [1.54, 1.807) is 11.3 Å². The topological polar surface area (TPSA) is 38.5 Å². The quantitative estimate of drug-likeness (QED) is 0.900. The highest BCUT2D eigenvalue weighted by molar-refractivity contribution is 9.10. The van der Waals surface area contributed by atoms with E-state index in [0.29, 0.717) is 6.54 Å². The Labute approximate surface area is 121 Å². The van der Waals surface area contributed by atoms with E-state index in [4.69, 9.17) is 10.5 Å². The Hall–Kier alpha value is 0.0600. The second kappa shape index (κ2) is 6.48. The van der Waals surface area contributed by atoms with Crippen molar-refractivity contribution in [3.05, 3.63) is 20.8 Å². The molecular formula is C13H21BrN2OS. The molecule has 0 spiro atoms. The average Bonchev–Trinajstić information content (AvgIpc) is 2.75. The Morgan fingerprint density at radius 3 is 3.00 bits per heavy atom. The van der Waals surface area contributed by atoms with Crippen LogP contribution in [0.25, 0.3) is 0 Å². The predicted octanol–water partition coefficient (Wildman–Crippen LogP) is 2.70. The largest absolute Gasteiger partial charge is 0.381 e. The van der Waals surface area contributed by atoms with Crippen LogP contribution in [0.15, 0.2) is 15.9 Å². The number of halogens is 1. The number of hydrogen-bond acceptors (Lipinski definition) is 4. The average molecular weight is 333 g/mol. The summed E-state index contributed by atoms with van der Waals surface area (Å²) in [7, 11) is 2.17. The van der Waals surface area contributed by atoms with E-state index in [0.717, 1.165) is 32.7 Å². The summed E-state index contributed by atoms with van der Waals surface area (Å²) in [5.41, 5.74) is 6.13. The van der Waals surface area contributed by atoms with Gasteiger partial charge in [-0.2, -0.15) is 0 Å². The van der Waals surface area contributed by atoms with E-state index in [1.807, 2.05) is 0 Å². The number of nitrogens with two attached hydrogens (primary N) is 1. The molecule has 1 aromatic rings. The first-order chi connectivity index (χ1) is 8.63. The molecule has 1 fully saturated rings. The Kier molecular flexibility index (Phi) is 5.21. The lowest BCUT2D eigenvalue weighted by Gasteiger charge is -2.38. The Bertz CT molecular complexity index is 377. The van der Waals surface area contributed by atoms with Gasteiger partial charge in [0, 0.05) is 46.4 Å². The molecule has 2 rings (SSSR count). The smallest absolute Gasteiger partial charge is 0.0546 e. The fourth-order valence-electron chi connectivity index (χ4n) is 2.59. The van der Waals surface area contributed by atoms with Crippen LogP contribution in [-0.4, -0.2) is 38.3 Å². The van der Waals surface area contributed by atoms with Crippen molar-refractivity contribution in [3.8, 4) is 0 Å². The highest BCUT2D eigenvalue weighted by Gasteiger charge is 2.32. The molecule has 0 saturated carbocycles. The van der Waals surface area contributed by atoms with Crippen LogP contribution in [0.2, 0.25) is 0 Å². The van der Waals surface area contributed by atoms with E-state index in [9.17, 15) is 0 Å². The monoisotopic (exact) mass is 332 g/mol. The molecular weight excluding hydrogens is 312 g/mol. The normalized spacial score (nSPS) is 24.7. The Balaban J connectivity index is 1.90. The Morgan fingerprint density at radius 1 is 1.61 bits per heavy atom. The molecule has 1 aliphatic heterocycles. The number of nitrogens with zero attached hydrogens (tertiary/aromatic N) is 1. The zero-order valence-electron chi connectivity index (χ0n) is 10.8. The number of thiophene rings is 1. The summed E-state index contributed by atoms with van der Waals surface area (Å²) in [4.78, 5) is 3.74. The molecule has 0 aliphatic carbocycles. The minimum absolute atomic E-state index is 0.154. The fourth-order valence-corrected chi connectivity index (χ4v) is 4.12. The molecule has 1 unspecified atom stereocenters. The Morgan fingerprint density at radius 2 is 2.44 bits per heavy atom. The summed E-state index contributed by atoms with van der Waals surface area (Å²) in [6.45, 7) is 4.41. The van der Waals surface area contributed by atoms with Gasteiger partial charge in [0.05, 0.1) is 6.61 Å². The summed E-state index contributed by atoms with van der Waals surface area (Å²) in [6, 6.07) is 2.19. The first kappa shape index (κ1) is 14.5. The maximum absolute atomic E-state index is 5.97. The third-order valence-electron chi connectivity index (χ3n) is 3.49. The van der Waals surface area contributed by atoms with Crippen molar-refractivity contribution in [2.75, 3.05) is 33.4 Å². The maximum atomic E-state index is 5.97. The number of hydrogen-bond donors (Lipinski definition) is 1. The minimum Gasteiger partial charge on any atom is -0.381 e. The first-order valence-electron chi connectivity index (χ1n) is 6.33. The van der Waals surface area contributed by atoms with E-state index in [2.05, 4.69) is 39.3 Å². The maximum Gasteiger partial charge on any atom is 0.0546 e. The molecule has 1 saturated heterocycles. The van der Waals surface area contributed by atoms with E-state index >= 15 is 0 Å². The lowest BCUT2D eigenvalue weighted by Crippen LogP contribution is -2.46. The molecule has 102 valence electrons. The molecule has 3 nitrogen and oxygen atoms in total. The highest BCUT2D eigenvalue weighted by Crippen LogP contribution is 2.29. The standard InChI is InChI=1S/C13H21BrN2OS/c1-16(6-12-5-11(14)7-18-12)9-13(8-15)3-2-4-17-10-13/h5,7H,2-4,6,8-10,15H2,1H3. The van der Waals surface area contributed by atoms with Crippen molar-refractivity contribution >= 4 is 27.3 Å². The molecule has 5 heteroatoms. The zero-order valence-corrected chi connectivity index (χ0v) is 13.2. The van der Waals surface area contributed by atoms with Crippen LogP contribution in [0, 0.1) is 5.41 Å². The molecule has 1 aromatic heterocycles. The first-order valence-corrected chi connectivity index (χ1v) is 8.00. The summed E-state index contributed by atoms with van der Waals surface area (Å²) >= 11 is 5.29. The summed E-state index contributed by atoms with van der Waals surface area (Å²) in [6.07, 6.45) is 2.32. The van der Waals surface area contributed by atoms with Crippen LogP contribution in [-0.2, 0) is 11.3 Å². The van der Waals surface area contributed by atoms with Crippen LogP contribution in [0.3, 0.4) is 0 Å². The van der Waals surface area contributed by atoms with Crippen molar-refractivity contribution < 1.29 is 4.74 Å². The molecule has 0 radical (unpaired) electrons. The molecule has 0 amide bonds. The second-order valence-electron chi connectivity index (χ2n) is 5.26. The van der Waals surface area contributed by atoms with Gasteiger partial charge in [0.1, 0.15) is 0 Å². The van der Waals surface area contributed by atoms with Crippen molar-refractivity contribution in [2.45, 2.75) is 19.4 Å². The molecule has 0 aromatic carbocycles. The predicted molar refractivity (Wildman–Crippen MR) is 79.9 cm³/mol.